The Morgan fingerprint density at radius 2 is 2.27 bits per heavy atom. The summed E-state index contributed by atoms with van der Waals surface area (Å²) in [6.07, 6.45) is 6.73. The van der Waals surface area contributed by atoms with Crippen molar-refractivity contribution >= 4 is 0 Å². The molecule has 3 heteroatoms. The van der Waals surface area contributed by atoms with E-state index in [1.165, 1.54) is 25.8 Å². The van der Waals surface area contributed by atoms with Crippen molar-refractivity contribution in [1.82, 2.24) is 4.90 Å². The van der Waals surface area contributed by atoms with Gasteiger partial charge < -0.3 is 5.73 Å². The van der Waals surface area contributed by atoms with E-state index >= 15 is 0 Å². The van der Waals surface area contributed by atoms with Gasteiger partial charge in [0, 0.05) is 18.5 Å². The highest BCUT2D eigenvalue weighted by atomic mass is 15.2. The molecule has 15 heavy (non-hydrogen) atoms. The largest absolute Gasteiger partial charge is 0.327 e. The Balaban J connectivity index is 2.27. The molecule has 2 atom stereocenters. The highest BCUT2D eigenvalue weighted by Crippen LogP contribution is 2.19. The summed E-state index contributed by atoms with van der Waals surface area (Å²) in [6, 6.07) is 3.05. The molecule has 3 nitrogen and oxygen atoms in total. The Bertz CT molecular complexity index is 207. The van der Waals surface area contributed by atoms with Crippen LogP contribution in [0, 0.1) is 11.3 Å². The number of unbranched alkanes of at least 4 members (excludes halogenated alkanes) is 2. The van der Waals surface area contributed by atoms with E-state index in [2.05, 4.69) is 17.9 Å². The molecule has 0 aromatic carbocycles. The van der Waals surface area contributed by atoms with Crippen molar-refractivity contribution in [3.8, 4) is 6.07 Å². The van der Waals surface area contributed by atoms with Crippen LogP contribution in [-0.4, -0.2) is 30.1 Å². The summed E-state index contributed by atoms with van der Waals surface area (Å²) < 4.78 is 0. The highest BCUT2D eigenvalue weighted by Gasteiger charge is 2.24. The maximum absolute atomic E-state index is 8.46. The first-order chi connectivity index (χ1) is 7.25. The van der Waals surface area contributed by atoms with Crippen molar-refractivity contribution in [3.05, 3.63) is 0 Å². The topological polar surface area (TPSA) is 53.0 Å². The average molecular weight is 209 g/mol. The number of hydrogen-bond acceptors (Lipinski definition) is 3. The first kappa shape index (κ1) is 12.5. The van der Waals surface area contributed by atoms with Gasteiger partial charge in [-0.15, -0.1) is 0 Å². The molecule has 86 valence electrons. The van der Waals surface area contributed by atoms with Gasteiger partial charge in [0.1, 0.15) is 0 Å². The molecule has 0 radical (unpaired) electrons. The van der Waals surface area contributed by atoms with Crippen molar-refractivity contribution in [1.29, 1.82) is 5.26 Å². The van der Waals surface area contributed by atoms with E-state index in [0.29, 0.717) is 12.5 Å². The molecule has 0 aliphatic carbocycles. The zero-order valence-corrected chi connectivity index (χ0v) is 9.78. The van der Waals surface area contributed by atoms with Gasteiger partial charge in [-0.2, -0.15) is 5.26 Å². The maximum Gasteiger partial charge on any atom is 0.0621 e. The Morgan fingerprint density at radius 3 is 2.93 bits per heavy atom. The van der Waals surface area contributed by atoms with Crippen molar-refractivity contribution in [2.45, 2.75) is 57.5 Å². The van der Waals surface area contributed by atoms with E-state index in [-0.39, 0.29) is 6.04 Å². The maximum atomic E-state index is 8.46. The fourth-order valence-electron chi connectivity index (χ4n) is 2.41. The molecule has 1 heterocycles. The van der Waals surface area contributed by atoms with Gasteiger partial charge in [-0.1, -0.05) is 6.42 Å². The monoisotopic (exact) mass is 209 g/mol. The first-order valence-electron chi connectivity index (χ1n) is 6.12. The van der Waals surface area contributed by atoms with Gasteiger partial charge in [0.05, 0.1) is 6.07 Å². The van der Waals surface area contributed by atoms with Crippen LogP contribution in [0.3, 0.4) is 0 Å². The van der Waals surface area contributed by atoms with E-state index < -0.39 is 0 Å². The van der Waals surface area contributed by atoms with Crippen LogP contribution >= 0.6 is 0 Å². The first-order valence-corrected chi connectivity index (χ1v) is 6.12. The lowest BCUT2D eigenvalue weighted by Gasteiger charge is -2.38. The van der Waals surface area contributed by atoms with Crippen LogP contribution in [0.1, 0.15) is 45.4 Å². The lowest BCUT2D eigenvalue weighted by molar-refractivity contribution is 0.128. The van der Waals surface area contributed by atoms with Crippen LogP contribution in [0.4, 0.5) is 0 Å². The smallest absolute Gasteiger partial charge is 0.0621 e. The van der Waals surface area contributed by atoms with E-state index in [1.54, 1.807) is 0 Å². The number of nitrogens with zero attached hydrogens (tertiary/aromatic N) is 2. The average Bonchev–Trinajstić information content (AvgIpc) is 2.25. The Morgan fingerprint density at radius 1 is 1.47 bits per heavy atom. The third-order valence-corrected chi connectivity index (χ3v) is 3.26. The van der Waals surface area contributed by atoms with Gasteiger partial charge in [-0.05, 0) is 45.7 Å². The van der Waals surface area contributed by atoms with Gasteiger partial charge in [0.15, 0.2) is 0 Å². The van der Waals surface area contributed by atoms with Gasteiger partial charge in [0.2, 0.25) is 0 Å². The summed E-state index contributed by atoms with van der Waals surface area (Å²) >= 11 is 0. The Labute approximate surface area is 93.2 Å². The summed E-state index contributed by atoms with van der Waals surface area (Å²) in [4.78, 5) is 2.52. The third kappa shape index (κ3) is 4.19. The molecular weight excluding hydrogens is 186 g/mol. The van der Waals surface area contributed by atoms with Gasteiger partial charge in [-0.3, -0.25) is 4.90 Å². The van der Waals surface area contributed by atoms with Crippen LogP contribution in [0.15, 0.2) is 0 Å². The summed E-state index contributed by atoms with van der Waals surface area (Å²) in [5.41, 5.74) is 5.99. The molecule has 0 aromatic heterocycles. The minimum atomic E-state index is 0.279. The van der Waals surface area contributed by atoms with Crippen molar-refractivity contribution in [3.63, 3.8) is 0 Å². The second kappa shape index (κ2) is 6.81. The van der Waals surface area contributed by atoms with Gasteiger partial charge >= 0.3 is 0 Å². The SMILES string of the molecule is CC(N)C1CCCCN1CCCCC#N. The Hall–Kier alpha value is -0.590. The number of hydrogen-bond donors (Lipinski definition) is 1. The molecular formula is C12H23N3. The standard InChI is InChI=1S/C12H23N3/c1-11(14)12-7-3-6-10-15(12)9-5-2-4-8-13/h11-12H,2-7,9-10,14H2,1H3. The van der Waals surface area contributed by atoms with Crippen LogP contribution in [0.5, 0.6) is 0 Å². The van der Waals surface area contributed by atoms with E-state index in [9.17, 15) is 0 Å². The lowest BCUT2D eigenvalue weighted by Crippen LogP contribution is -2.49. The normalized spacial score (nSPS) is 24.7. The predicted molar refractivity (Wildman–Crippen MR) is 62.3 cm³/mol. The molecule has 0 saturated carbocycles. The molecule has 0 spiro atoms. The van der Waals surface area contributed by atoms with Crippen LogP contribution < -0.4 is 5.73 Å². The molecule has 1 aliphatic heterocycles. The lowest BCUT2D eigenvalue weighted by atomic mass is 9.96. The predicted octanol–water partition coefficient (Wildman–Crippen LogP) is 1.88. The minimum Gasteiger partial charge on any atom is -0.327 e. The van der Waals surface area contributed by atoms with E-state index in [0.717, 1.165) is 19.4 Å². The van der Waals surface area contributed by atoms with Crippen LogP contribution in [0.2, 0.25) is 0 Å². The van der Waals surface area contributed by atoms with Crippen LogP contribution in [0.25, 0.3) is 0 Å². The number of nitriles is 1. The van der Waals surface area contributed by atoms with Crippen molar-refractivity contribution in [2.75, 3.05) is 13.1 Å². The third-order valence-electron chi connectivity index (χ3n) is 3.26. The van der Waals surface area contributed by atoms with E-state index in [4.69, 9.17) is 11.0 Å². The van der Waals surface area contributed by atoms with Crippen molar-refractivity contribution in [2.24, 2.45) is 5.73 Å². The summed E-state index contributed by atoms with van der Waals surface area (Å²) in [6.45, 7) is 4.42. The highest BCUT2D eigenvalue weighted by molar-refractivity contribution is 4.83. The molecule has 2 N–H and O–H groups in total. The fourth-order valence-corrected chi connectivity index (χ4v) is 2.41. The zero-order chi connectivity index (χ0) is 11.1. The second-order valence-electron chi connectivity index (χ2n) is 4.57. The quantitative estimate of drug-likeness (QED) is 0.703. The van der Waals surface area contributed by atoms with Crippen molar-refractivity contribution < 1.29 is 0 Å². The second-order valence-corrected chi connectivity index (χ2v) is 4.57. The molecule has 2 unspecified atom stereocenters. The number of piperidine rings is 1. The number of rotatable bonds is 5. The number of nitrogens with two attached hydrogens (primary N) is 1. The molecule has 1 rings (SSSR count). The fraction of sp³-hybridized carbons (Fsp3) is 0.917. The Kier molecular flexibility index (Phi) is 5.67. The molecule has 1 saturated heterocycles. The molecule has 0 amide bonds. The molecule has 0 aromatic rings. The zero-order valence-electron chi connectivity index (χ0n) is 9.78. The molecule has 0 bridgehead atoms. The minimum absolute atomic E-state index is 0.279. The summed E-state index contributed by atoms with van der Waals surface area (Å²) in [5.74, 6) is 0. The molecule has 1 aliphatic rings. The van der Waals surface area contributed by atoms with Crippen LogP contribution in [-0.2, 0) is 0 Å². The summed E-state index contributed by atoms with van der Waals surface area (Å²) in [7, 11) is 0. The van der Waals surface area contributed by atoms with Gasteiger partial charge in [-0.25, -0.2) is 0 Å². The number of likely N-dealkylation sites (tertiary alicyclic amines) is 1. The van der Waals surface area contributed by atoms with Gasteiger partial charge in [0.25, 0.3) is 0 Å². The molecule has 1 fully saturated rings. The summed E-state index contributed by atoms with van der Waals surface area (Å²) in [5, 5.41) is 8.46. The van der Waals surface area contributed by atoms with E-state index in [1.807, 2.05) is 0 Å².